The van der Waals surface area contributed by atoms with Crippen molar-refractivity contribution in [1.82, 2.24) is 4.98 Å². The Balaban J connectivity index is 1.09. The molecule has 0 atom stereocenters. The third-order valence-electron chi connectivity index (χ3n) is 9.91. The van der Waals surface area contributed by atoms with Crippen LogP contribution in [0.2, 0.25) is 0 Å². The molecule has 0 amide bonds. The van der Waals surface area contributed by atoms with Gasteiger partial charge in [-0.1, -0.05) is 127 Å². The molecule has 10 rings (SSSR count). The first-order valence-electron chi connectivity index (χ1n) is 17.8. The van der Waals surface area contributed by atoms with Gasteiger partial charge >= 0.3 is 0 Å². The summed E-state index contributed by atoms with van der Waals surface area (Å²) in [6.45, 7) is 0. The molecule has 8 aromatic carbocycles. The zero-order valence-electron chi connectivity index (χ0n) is 28.7. The van der Waals surface area contributed by atoms with Crippen LogP contribution in [-0.2, 0) is 0 Å². The van der Waals surface area contributed by atoms with Crippen LogP contribution in [0, 0.1) is 0 Å². The minimum Gasteiger partial charge on any atom is -0.456 e. The number of oxazole rings is 1. The molecule has 0 radical (unpaired) electrons. The maximum Gasteiger partial charge on any atom is 0.227 e. The van der Waals surface area contributed by atoms with E-state index in [-0.39, 0.29) is 0 Å². The lowest BCUT2D eigenvalue weighted by atomic mass is 9.96. The third-order valence-corrected chi connectivity index (χ3v) is 9.91. The van der Waals surface area contributed by atoms with Gasteiger partial charge in [-0.15, -0.1) is 0 Å². The van der Waals surface area contributed by atoms with Gasteiger partial charge in [0.25, 0.3) is 0 Å². The summed E-state index contributed by atoms with van der Waals surface area (Å²) in [6.07, 6.45) is 0. The number of rotatable bonds is 7. The number of nitrogens with zero attached hydrogens (tertiary/aromatic N) is 2. The maximum absolute atomic E-state index is 6.42. The fourth-order valence-corrected chi connectivity index (χ4v) is 7.38. The summed E-state index contributed by atoms with van der Waals surface area (Å²) in [7, 11) is 0. The van der Waals surface area contributed by atoms with Gasteiger partial charge in [-0.25, -0.2) is 4.98 Å². The molecule has 4 nitrogen and oxygen atoms in total. The molecular formula is C49H32N2O2. The van der Waals surface area contributed by atoms with E-state index in [9.17, 15) is 0 Å². The van der Waals surface area contributed by atoms with Crippen molar-refractivity contribution >= 4 is 50.1 Å². The van der Waals surface area contributed by atoms with Crippen molar-refractivity contribution in [3.63, 3.8) is 0 Å². The SMILES string of the molecule is c1ccc(-c2ccc(N(c3ccccc3)c3ccc(-c4cccc5oc6cc7nc(-c8ccccc8)oc7cc6c45)cc3)c(-c3ccccc3)c2)cc1. The summed E-state index contributed by atoms with van der Waals surface area (Å²) in [5.41, 5.74) is 14.2. The van der Waals surface area contributed by atoms with Crippen LogP contribution >= 0.6 is 0 Å². The van der Waals surface area contributed by atoms with Gasteiger partial charge in [-0.2, -0.15) is 0 Å². The molecule has 0 unspecified atom stereocenters. The van der Waals surface area contributed by atoms with E-state index in [2.05, 4.69) is 157 Å². The monoisotopic (exact) mass is 680 g/mol. The molecule has 0 spiro atoms. The average molecular weight is 681 g/mol. The Morgan fingerprint density at radius 1 is 0.377 bits per heavy atom. The molecule has 0 aliphatic carbocycles. The Kier molecular flexibility index (Phi) is 7.43. The number of para-hydroxylation sites is 1. The van der Waals surface area contributed by atoms with Crippen LogP contribution in [-0.4, -0.2) is 4.98 Å². The molecule has 0 saturated heterocycles. The third kappa shape index (κ3) is 5.54. The highest BCUT2D eigenvalue weighted by atomic mass is 16.4. The molecule has 53 heavy (non-hydrogen) atoms. The van der Waals surface area contributed by atoms with Crippen LogP contribution in [0.4, 0.5) is 17.1 Å². The van der Waals surface area contributed by atoms with E-state index in [1.807, 2.05) is 42.5 Å². The smallest absolute Gasteiger partial charge is 0.227 e. The number of anilines is 3. The second kappa shape index (κ2) is 12.9. The summed E-state index contributed by atoms with van der Waals surface area (Å²) in [6, 6.07) is 67.7. The van der Waals surface area contributed by atoms with Crippen LogP contribution in [0.1, 0.15) is 0 Å². The number of aromatic nitrogens is 1. The molecule has 0 bridgehead atoms. The minimum atomic E-state index is 0.599. The molecule has 10 aromatic rings. The van der Waals surface area contributed by atoms with E-state index in [1.54, 1.807) is 0 Å². The van der Waals surface area contributed by atoms with Gasteiger partial charge < -0.3 is 13.7 Å². The predicted octanol–water partition coefficient (Wildman–Crippen LogP) is 13.9. The van der Waals surface area contributed by atoms with E-state index in [0.717, 1.165) is 77.9 Å². The van der Waals surface area contributed by atoms with Crippen LogP contribution in [0.25, 0.3) is 77.9 Å². The largest absolute Gasteiger partial charge is 0.456 e. The molecule has 4 heteroatoms. The number of hydrogen-bond acceptors (Lipinski definition) is 4. The summed E-state index contributed by atoms with van der Waals surface area (Å²) >= 11 is 0. The zero-order chi connectivity index (χ0) is 35.1. The average Bonchev–Trinajstić information content (AvgIpc) is 3.82. The number of benzene rings is 8. The Labute approximate surface area is 306 Å². The Morgan fingerprint density at radius 3 is 1.70 bits per heavy atom. The van der Waals surface area contributed by atoms with Crippen molar-refractivity contribution in [3.05, 3.63) is 194 Å². The predicted molar refractivity (Wildman–Crippen MR) is 218 cm³/mol. The van der Waals surface area contributed by atoms with Gasteiger partial charge in [0.1, 0.15) is 16.7 Å². The van der Waals surface area contributed by atoms with Crippen LogP contribution in [0.3, 0.4) is 0 Å². The van der Waals surface area contributed by atoms with Crippen molar-refractivity contribution < 1.29 is 8.83 Å². The summed E-state index contributed by atoms with van der Waals surface area (Å²) in [4.78, 5) is 7.12. The van der Waals surface area contributed by atoms with Gasteiger partial charge in [0.05, 0.1) is 5.69 Å². The molecule has 250 valence electrons. The lowest BCUT2D eigenvalue weighted by Crippen LogP contribution is -2.11. The quantitative estimate of drug-likeness (QED) is 0.168. The summed E-state index contributed by atoms with van der Waals surface area (Å²) in [5.74, 6) is 0.599. The van der Waals surface area contributed by atoms with E-state index < -0.39 is 0 Å². The first kappa shape index (κ1) is 30.6. The maximum atomic E-state index is 6.42. The highest BCUT2D eigenvalue weighted by molar-refractivity contribution is 6.15. The Morgan fingerprint density at radius 2 is 0.981 bits per heavy atom. The van der Waals surface area contributed by atoms with Gasteiger partial charge in [0, 0.05) is 39.3 Å². The highest BCUT2D eigenvalue weighted by Gasteiger charge is 2.20. The lowest BCUT2D eigenvalue weighted by molar-refractivity contribution is 0.620. The van der Waals surface area contributed by atoms with E-state index in [1.165, 1.54) is 11.1 Å². The number of furan rings is 1. The normalized spacial score (nSPS) is 11.4. The van der Waals surface area contributed by atoms with Crippen molar-refractivity contribution in [2.75, 3.05) is 4.90 Å². The second-order valence-electron chi connectivity index (χ2n) is 13.2. The highest BCUT2D eigenvalue weighted by Crippen LogP contribution is 2.44. The number of fused-ring (bicyclic) bond motifs is 4. The van der Waals surface area contributed by atoms with Gasteiger partial charge in [0.2, 0.25) is 5.89 Å². The van der Waals surface area contributed by atoms with Gasteiger partial charge in [0.15, 0.2) is 5.58 Å². The summed E-state index contributed by atoms with van der Waals surface area (Å²) < 4.78 is 12.7. The van der Waals surface area contributed by atoms with E-state index in [0.29, 0.717) is 5.89 Å². The minimum absolute atomic E-state index is 0.599. The molecule has 2 heterocycles. The molecular weight excluding hydrogens is 649 g/mol. The van der Waals surface area contributed by atoms with E-state index >= 15 is 0 Å². The Hall–Kier alpha value is -7.17. The fourth-order valence-electron chi connectivity index (χ4n) is 7.38. The molecule has 0 aliphatic heterocycles. The van der Waals surface area contributed by atoms with Gasteiger partial charge in [-0.3, -0.25) is 0 Å². The molecule has 0 aliphatic rings. The van der Waals surface area contributed by atoms with Crippen molar-refractivity contribution in [2.24, 2.45) is 0 Å². The second-order valence-corrected chi connectivity index (χ2v) is 13.2. The molecule has 0 fully saturated rings. The van der Waals surface area contributed by atoms with Crippen LogP contribution in [0.5, 0.6) is 0 Å². The topological polar surface area (TPSA) is 42.4 Å². The number of hydrogen-bond donors (Lipinski definition) is 0. The first-order chi connectivity index (χ1) is 26.3. The van der Waals surface area contributed by atoms with Crippen molar-refractivity contribution in [3.8, 4) is 44.8 Å². The fraction of sp³-hybridized carbons (Fsp3) is 0. The van der Waals surface area contributed by atoms with Crippen molar-refractivity contribution in [1.29, 1.82) is 0 Å². The molecule has 0 N–H and O–H groups in total. The standard InChI is InChI=1S/C49H32N2O2/c1-5-14-33(15-6-1)37-26-29-44(41(30-37)34-16-7-2-8-17-34)51(38-20-11-4-12-21-38)39-27-24-35(25-28-39)40-22-13-23-45-48(40)42-31-47-43(32-46(42)52-45)50-49(53-47)36-18-9-3-10-19-36/h1-32H. The van der Waals surface area contributed by atoms with Crippen molar-refractivity contribution in [2.45, 2.75) is 0 Å². The Bertz CT molecular complexity index is 2860. The van der Waals surface area contributed by atoms with Crippen LogP contribution < -0.4 is 4.90 Å². The van der Waals surface area contributed by atoms with Crippen LogP contribution in [0.15, 0.2) is 203 Å². The molecule has 2 aromatic heterocycles. The molecule has 0 saturated carbocycles. The lowest BCUT2D eigenvalue weighted by Gasteiger charge is -2.28. The van der Waals surface area contributed by atoms with E-state index in [4.69, 9.17) is 13.8 Å². The van der Waals surface area contributed by atoms with Gasteiger partial charge in [-0.05, 0) is 88.5 Å². The summed E-state index contributed by atoms with van der Waals surface area (Å²) in [5, 5.41) is 2.05. The first-order valence-corrected chi connectivity index (χ1v) is 17.8. The zero-order valence-corrected chi connectivity index (χ0v) is 28.7.